The lowest BCUT2D eigenvalue weighted by Gasteiger charge is -2.35. The number of benzene rings is 2. The molecule has 1 amide bonds. The second-order valence-corrected chi connectivity index (χ2v) is 6.95. The van der Waals surface area contributed by atoms with Crippen LogP contribution in [0.1, 0.15) is 36.4 Å². The van der Waals surface area contributed by atoms with Crippen LogP contribution in [0.15, 0.2) is 60.7 Å². The highest BCUT2D eigenvalue weighted by atomic mass is 16.2. The Hall–Kier alpha value is -2.13. The van der Waals surface area contributed by atoms with Crippen LogP contribution < -0.4 is 0 Å². The Morgan fingerprint density at radius 3 is 2.20 bits per heavy atom. The van der Waals surface area contributed by atoms with E-state index in [1.807, 2.05) is 48.3 Å². The monoisotopic (exact) mass is 336 g/mol. The van der Waals surface area contributed by atoms with Crippen LogP contribution in [0.25, 0.3) is 0 Å². The summed E-state index contributed by atoms with van der Waals surface area (Å²) >= 11 is 0. The number of nitrogens with zero attached hydrogens (tertiary/aromatic N) is 2. The molecule has 25 heavy (non-hydrogen) atoms. The number of hydrogen-bond donors (Lipinski definition) is 0. The summed E-state index contributed by atoms with van der Waals surface area (Å²) in [6.07, 6.45) is 4.32. The number of likely N-dealkylation sites (N-methyl/N-ethyl adjacent to an activating group) is 1. The molecule has 1 atom stereocenters. The van der Waals surface area contributed by atoms with Crippen molar-refractivity contribution in [3.05, 3.63) is 71.8 Å². The molecular formula is C22H28N2O. The number of rotatable bonds is 6. The lowest BCUT2D eigenvalue weighted by Crippen LogP contribution is -2.41. The van der Waals surface area contributed by atoms with Gasteiger partial charge in [-0.05, 0) is 37.1 Å². The van der Waals surface area contributed by atoms with Crippen LogP contribution in [0.3, 0.4) is 0 Å². The van der Waals surface area contributed by atoms with E-state index in [1.165, 1.54) is 24.8 Å². The molecule has 0 spiro atoms. The van der Waals surface area contributed by atoms with E-state index in [0.29, 0.717) is 6.42 Å². The molecule has 0 bridgehead atoms. The third kappa shape index (κ3) is 4.93. The molecular weight excluding hydrogens is 308 g/mol. The van der Waals surface area contributed by atoms with Crippen LogP contribution in [0.4, 0.5) is 0 Å². The third-order valence-electron chi connectivity index (χ3n) is 5.12. The van der Waals surface area contributed by atoms with Crippen LogP contribution in [0, 0.1) is 0 Å². The standard InChI is InChI=1S/C22H28N2O/c1-23(22(25)17-19-11-5-2-6-12-19)21(20-13-7-3-8-14-20)18-24-15-9-4-10-16-24/h2-3,5-8,11-14,21H,4,9-10,15-18H2,1H3/t21-/m1/s1. The summed E-state index contributed by atoms with van der Waals surface area (Å²) in [7, 11) is 1.95. The van der Waals surface area contributed by atoms with Crippen molar-refractivity contribution < 1.29 is 4.79 Å². The number of carbonyl (C=O) groups excluding carboxylic acids is 1. The van der Waals surface area contributed by atoms with E-state index in [2.05, 4.69) is 29.2 Å². The number of piperidine rings is 1. The van der Waals surface area contributed by atoms with Gasteiger partial charge in [0.15, 0.2) is 0 Å². The van der Waals surface area contributed by atoms with Gasteiger partial charge in [-0.1, -0.05) is 67.1 Å². The summed E-state index contributed by atoms with van der Waals surface area (Å²) < 4.78 is 0. The molecule has 1 heterocycles. The van der Waals surface area contributed by atoms with Gasteiger partial charge in [0.2, 0.25) is 5.91 Å². The Morgan fingerprint density at radius 1 is 0.960 bits per heavy atom. The molecule has 1 saturated heterocycles. The summed E-state index contributed by atoms with van der Waals surface area (Å²) in [5, 5.41) is 0. The lowest BCUT2D eigenvalue weighted by molar-refractivity contribution is -0.131. The molecule has 0 radical (unpaired) electrons. The largest absolute Gasteiger partial charge is 0.337 e. The smallest absolute Gasteiger partial charge is 0.227 e. The molecule has 0 N–H and O–H groups in total. The second kappa shape index (κ2) is 8.82. The molecule has 132 valence electrons. The first-order valence-corrected chi connectivity index (χ1v) is 9.31. The average molecular weight is 336 g/mol. The Labute approximate surface area is 151 Å². The van der Waals surface area contributed by atoms with E-state index in [4.69, 9.17) is 0 Å². The summed E-state index contributed by atoms with van der Waals surface area (Å²) in [5.74, 6) is 0.178. The van der Waals surface area contributed by atoms with Crippen molar-refractivity contribution in [2.75, 3.05) is 26.7 Å². The molecule has 1 aliphatic heterocycles. The molecule has 1 fully saturated rings. The SMILES string of the molecule is CN(C(=O)Cc1ccccc1)[C@H](CN1CCCCC1)c1ccccc1. The number of likely N-dealkylation sites (tertiary alicyclic amines) is 1. The summed E-state index contributed by atoms with van der Waals surface area (Å²) in [6.45, 7) is 3.20. The first-order valence-electron chi connectivity index (χ1n) is 9.31. The first-order chi connectivity index (χ1) is 12.2. The minimum absolute atomic E-state index is 0.107. The van der Waals surface area contributed by atoms with Crippen molar-refractivity contribution in [3.8, 4) is 0 Å². The van der Waals surface area contributed by atoms with Crippen LogP contribution in [0.2, 0.25) is 0 Å². The van der Waals surface area contributed by atoms with E-state index in [9.17, 15) is 4.79 Å². The van der Waals surface area contributed by atoms with E-state index in [-0.39, 0.29) is 11.9 Å². The lowest BCUT2D eigenvalue weighted by atomic mass is 10.0. The van der Waals surface area contributed by atoms with Gasteiger partial charge in [0, 0.05) is 13.6 Å². The van der Waals surface area contributed by atoms with Crippen LogP contribution in [0.5, 0.6) is 0 Å². The fraction of sp³-hybridized carbons (Fsp3) is 0.409. The third-order valence-corrected chi connectivity index (χ3v) is 5.12. The topological polar surface area (TPSA) is 23.6 Å². The Morgan fingerprint density at radius 2 is 1.56 bits per heavy atom. The van der Waals surface area contributed by atoms with Crippen molar-refractivity contribution in [2.24, 2.45) is 0 Å². The van der Waals surface area contributed by atoms with Gasteiger partial charge in [0.05, 0.1) is 12.5 Å². The first kappa shape index (κ1) is 17.7. The minimum Gasteiger partial charge on any atom is -0.337 e. The van der Waals surface area contributed by atoms with Gasteiger partial charge in [-0.25, -0.2) is 0 Å². The molecule has 0 aliphatic carbocycles. The summed E-state index contributed by atoms with van der Waals surface area (Å²) in [5.41, 5.74) is 2.29. The molecule has 3 heteroatoms. The minimum atomic E-state index is 0.107. The number of amides is 1. The van der Waals surface area contributed by atoms with Crippen LogP contribution in [-0.2, 0) is 11.2 Å². The van der Waals surface area contributed by atoms with E-state index >= 15 is 0 Å². The molecule has 2 aromatic carbocycles. The molecule has 2 aromatic rings. The predicted octanol–water partition coefficient (Wildman–Crippen LogP) is 3.91. The zero-order chi connectivity index (χ0) is 17.5. The van der Waals surface area contributed by atoms with Crippen molar-refractivity contribution in [1.29, 1.82) is 0 Å². The van der Waals surface area contributed by atoms with Crippen LogP contribution in [-0.4, -0.2) is 42.4 Å². The molecule has 0 saturated carbocycles. The van der Waals surface area contributed by atoms with E-state index in [1.54, 1.807) is 0 Å². The zero-order valence-corrected chi connectivity index (χ0v) is 15.1. The zero-order valence-electron chi connectivity index (χ0n) is 15.1. The maximum atomic E-state index is 12.9. The highest BCUT2D eigenvalue weighted by Gasteiger charge is 2.24. The normalized spacial score (nSPS) is 16.4. The van der Waals surface area contributed by atoms with Crippen LogP contribution >= 0.6 is 0 Å². The molecule has 1 aliphatic rings. The Kier molecular flexibility index (Phi) is 6.24. The second-order valence-electron chi connectivity index (χ2n) is 6.95. The average Bonchev–Trinajstić information content (AvgIpc) is 2.68. The highest BCUT2D eigenvalue weighted by Crippen LogP contribution is 2.23. The van der Waals surface area contributed by atoms with Gasteiger partial charge in [0.1, 0.15) is 0 Å². The maximum absolute atomic E-state index is 12.9. The fourth-order valence-corrected chi connectivity index (χ4v) is 3.58. The van der Waals surface area contributed by atoms with Crippen molar-refractivity contribution in [1.82, 2.24) is 9.80 Å². The van der Waals surface area contributed by atoms with E-state index < -0.39 is 0 Å². The van der Waals surface area contributed by atoms with Gasteiger partial charge in [-0.3, -0.25) is 4.79 Å². The Bertz CT molecular complexity index is 650. The summed E-state index contributed by atoms with van der Waals surface area (Å²) in [4.78, 5) is 17.3. The van der Waals surface area contributed by atoms with Gasteiger partial charge < -0.3 is 9.80 Å². The van der Waals surface area contributed by atoms with Gasteiger partial charge in [-0.2, -0.15) is 0 Å². The quantitative estimate of drug-likeness (QED) is 0.798. The fourth-order valence-electron chi connectivity index (χ4n) is 3.58. The maximum Gasteiger partial charge on any atom is 0.227 e. The molecule has 0 unspecified atom stereocenters. The molecule has 0 aromatic heterocycles. The van der Waals surface area contributed by atoms with Gasteiger partial charge in [0.25, 0.3) is 0 Å². The predicted molar refractivity (Wildman–Crippen MR) is 102 cm³/mol. The van der Waals surface area contributed by atoms with Crippen molar-refractivity contribution in [3.63, 3.8) is 0 Å². The van der Waals surface area contributed by atoms with Crippen molar-refractivity contribution in [2.45, 2.75) is 31.7 Å². The highest BCUT2D eigenvalue weighted by molar-refractivity contribution is 5.79. The van der Waals surface area contributed by atoms with Gasteiger partial charge in [-0.15, -0.1) is 0 Å². The van der Waals surface area contributed by atoms with Gasteiger partial charge >= 0.3 is 0 Å². The molecule has 3 nitrogen and oxygen atoms in total. The summed E-state index contributed by atoms with van der Waals surface area (Å²) in [6, 6.07) is 20.6. The number of carbonyl (C=O) groups is 1. The van der Waals surface area contributed by atoms with E-state index in [0.717, 1.165) is 25.2 Å². The van der Waals surface area contributed by atoms with Crippen molar-refractivity contribution >= 4 is 5.91 Å². The number of hydrogen-bond acceptors (Lipinski definition) is 2. The Balaban J connectivity index is 1.74. The molecule has 3 rings (SSSR count).